The number of hydrogen-bond acceptors (Lipinski definition) is 5. The molecule has 1 aromatic rings. The topological polar surface area (TPSA) is 86.2 Å². The number of alkyl carbamates (subject to hydrolysis) is 2. The van der Waals surface area contributed by atoms with E-state index in [2.05, 4.69) is 32.7 Å². The number of nitro groups is 1. The summed E-state index contributed by atoms with van der Waals surface area (Å²) in [7, 11) is 0. The lowest BCUT2D eigenvalue weighted by Gasteiger charge is -2.40. The molecule has 1 atom stereocenters. The van der Waals surface area contributed by atoms with Crippen molar-refractivity contribution in [2.45, 2.75) is 111 Å². The molecule has 0 aromatic heterocycles. The summed E-state index contributed by atoms with van der Waals surface area (Å²) < 4.78 is 4.98. The number of hydrogen-bond donors (Lipinski definition) is 1. The lowest BCUT2D eigenvalue weighted by atomic mass is 9.17. The van der Waals surface area contributed by atoms with Gasteiger partial charge in [0.1, 0.15) is 12.8 Å². The number of unbranched alkanes of at least 4 members (excludes halogenated alkanes) is 4. The fourth-order valence-corrected chi connectivity index (χ4v) is 4.86. The number of rotatable bonds is 15. The van der Waals surface area contributed by atoms with Gasteiger partial charge in [0, 0.05) is 12.2 Å². The zero-order valence-corrected chi connectivity index (χ0v) is 22.3. The monoisotopic (exact) mass is 487 g/mol. The number of para-hydroxylation sites is 1. The summed E-state index contributed by atoms with van der Waals surface area (Å²) in [5.41, 5.74) is 0.293. The van der Waals surface area contributed by atoms with E-state index < -0.39 is 11.0 Å². The third-order valence-electron chi connectivity index (χ3n) is 7.02. The van der Waals surface area contributed by atoms with E-state index in [1.165, 1.54) is 76.2 Å². The first-order chi connectivity index (χ1) is 16.9. The van der Waals surface area contributed by atoms with E-state index in [-0.39, 0.29) is 18.4 Å². The van der Waals surface area contributed by atoms with E-state index in [1.54, 1.807) is 43.5 Å². The maximum Gasteiger partial charge on any atom is 0.525 e. The van der Waals surface area contributed by atoms with Crippen molar-refractivity contribution in [2.24, 2.45) is 4.99 Å². The van der Waals surface area contributed by atoms with Crippen LogP contribution in [0.4, 0.5) is 10.5 Å². The van der Waals surface area contributed by atoms with E-state index in [9.17, 15) is 14.9 Å². The number of carbonyl (C=O) groups excluding carboxylic acids is 1. The van der Waals surface area contributed by atoms with Gasteiger partial charge in [-0.2, -0.15) is 35.0 Å². The molecule has 0 saturated heterocycles. The molecule has 0 aliphatic carbocycles. The molecule has 8 heteroatoms. The number of nitrogens with zero attached hydrogens (tertiary/aromatic N) is 2. The number of quaternary nitrogens is 1. The predicted molar refractivity (Wildman–Crippen MR) is 146 cm³/mol. The molecule has 1 N–H and O–H groups in total. The van der Waals surface area contributed by atoms with Crippen molar-refractivity contribution in [1.82, 2.24) is 0 Å². The summed E-state index contributed by atoms with van der Waals surface area (Å²) in [4.78, 5) is 25.8. The third kappa shape index (κ3) is 11.7. The number of ether oxygens (including phenoxy) is 1. The molecule has 1 heterocycles. The summed E-state index contributed by atoms with van der Waals surface area (Å²) in [6.45, 7) is 9.25. The SMILES string of the molecule is CCCC[B-](CCCC)(CCCC)CCCC.O=C(OCc1ccccc1[N+](=O)[O-])[NH+]1C=CN=C1. The van der Waals surface area contributed by atoms with E-state index in [1.807, 2.05) is 0 Å². The van der Waals surface area contributed by atoms with Crippen LogP contribution in [0.3, 0.4) is 0 Å². The van der Waals surface area contributed by atoms with Gasteiger partial charge >= 0.3 is 6.09 Å². The van der Waals surface area contributed by atoms with Crippen LogP contribution in [0.25, 0.3) is 0 Å². The summed E-state index contributed by atoms with van der Waals surface area (Å²) in [6.07, 6.45) is 21.4. The predicted octanol–water partition coefficient (Wildman–Crippen LogP) is 7.27. The second kappa shape index (κ2) is 17.9. The molecule has 2 rings (SSSR count). The van der Waals surface area contributed by atoms with Crippen LogP contribution >= 0.6 is 0 Å². The molecule has 1 unspecified atom stereocenters. The zero-order chi connectivity index (χ0) is 25.9. The Balaban J connectivity index is 0.000000351. The van der Waals surface area contributed by atoms with Crippen LogP contribution in [-0.4, -0.2) is 23.5 Å². The standard InChI is InChI=1S/C16H36B.C11H9N3O4/c1-5-9-13-17(14-10-6-2,15-11-7-3)16-12-8-4;15-11(13-6-5-12-8-13)18-7-9-3-1-2-4-10(9)14(16)17/h5-16H2,1-4H3;1-6,8H,7H2/q-1;/p+1. The molecule has 196 valence electrons. The second-order valence-electron chi connectivity index (χ2n) is 9.81. The number of nitro benzene ring substituents is 1. The molecule has 1 amide bonds. The van der Waals surface area contributed by atoms with Gasteiger partial charge in [0.05, 0.1) is 16.7 Å². The van der Waals surface area contributed by atoms with Crippen LogP contribution in [0.1, 0.15) is 84.6 Å². The van der Waals surface area contributed by atoms with Crippen LogP contribution < -0.4 is 4.90 Å². The molecule has 0 fully saturated rings. The van der Waals surface area contributed by atoms with Gasteiger partial charge in [-0.05, 0) is 6.07 Å². The molecule has 1 aliphatic rings. The smallest absolute Gasteiger partial charge is 0.414 e. The highest BCUT2D eigenvalue weighted by molar-refractivity contribution is 6.79. The van der Waals surface area contributed by atoms with Crippen LogP contribution in [0.2, 0.25) is 25.3 Å². The minimum Gasteiger partial charge on any atom is -0.414 e. The summed E-state index contributed by atoms with van der Waals surface area (Å²) in [5, 5.41) is 10.8. The quantitative estimate of drug-likeness (QED) is 0.160. The lowest BCUT2D eigenvalue weighted by molar-refractivity contribution is -0.650. The van der Waals surface area contributed by atoms with Crippen LogP contribution in [0, 0.1) is 10.1 Å². The molecule has 0 bridgehead atoms. The fourth-order valence-electron chi connectivity index (χ4n) is 4.86. The minimum absolute atomic E-state index is 0.00722. The lowest BCUT2D eigenvalue weighted by Crippen LogP contribution is -3.08. The number of nitrogens with one attached hydrogen (secondary N) is 1. The highest BCUT2D eigenvalue weighted by Gasteiger charge is 2.23. The Morgan fingerprint density at radius 3 is 1.89 bits per heavy atom. The Morgan fingerprint density at radius 1 is 0.943 bits per heavy atom. The fraction of sp³-hybridized carbons (Fsp3) is 0.630. The van der Waals surface area contributed by atoms with Crippen LogP contribution in [0.15, 0.2) is 41.7 Å². The molecular formula is C27H46BN3O4. The molecular weight excluding hydrogens is 441 g/mol. The summed E-state index contributed by atoms with van der Waals surface area (Å²) >= 11 is 0. The van der Waals surface area contributed by atoms with Crippen molar-refractivity contribution in [3.8, 4) is 0 Å². The van der Waals surface area contributed by atoms with Gasteiger partial charge in [-0.25, -0.2) is 4.99 Å². The number of benzene rings is 1. The van der Waals surface area contributed by atoms with Gasteiger partial charge < -0.3 is 4.74 Å². The average molecular weight is 487 g/mol. The molecule has 1 aromatic carbocycles. The van der Waals surface area contributed by atoms with Crippen LogP contribution in [0.5, 0.6) is 0 Å². The molecule has 35 heavy (non-hydrogen) atoms. The maximum absolute atomic E-state index is 11.5. The Morgan fingerprint density at radius 2 is 1.46 bits per heavy atom. The molecule has 7 nitrogen and oxygen atoms in total. The highest BCUT2D eigenvalue weighted by Crippen LogP contribution is 2.33. The highest BCUT2D eigenvalue weighted by atomic mass is 16.6. The largest absolute Gasteiger partial charge is 0.525 e. The van der Waals surface area contributed by atoms with Crippen LogP contribution in [-0.2, 0) is 11.3 Å². The summed E-state index contributed by atoms with van der Waals surface area (Å²) in [5.74, 6) is 0. The first-order valence-electron chi connectivity index (χ1n) is 13.6. The zero-order valence-electron chi connectivity index (χ0n) is 22.3. The van der Waals surface area contributed by atoms with Crippen molar-refractivity contribution in [1.29, 1.82) is 0 Å². The van der Waals surface area contributed by atoms with Gasteiger partial charge in [-0.3, -0.25) is 10.1 Å². The first kappa shape index (κ1) is 30.6. The number of aliphatic imine (C=N–C) groups is 1. The van der Waals surface area contributed by atoms with Gasteiger partial charge in [-0.1, -0.05) is 91.2 Å². The third-order valence-corrected chi connectivity index (χ3v) is 7.02. The van der Waals surface area contributed by atoms with Crippen molar-refractivity contribution >= 4 is 24.3 Å². The van der Waals surface area contributed by atoms with Gasteiger partial charge in [0.2, 0.25) is 6.34 Å². The molecule has 0 radical (unpaired) electrons. The normalized spacial score (nSPS) is 14.5. The second-order valence-corrected chi connectivity index (χ2v) is 9.81. The van der Waals surface area contributed by atoms with Crippen molar-refractivity contribution in [3.05, 3.63) is 52.3 Å². The van der Waals surface area contributed by atoms with E-state index in [0.717, 1.165) is 0 Å². The van der Waals surface area contributed by atoms with Gasteiger partial charge in [-0.15, -0.1) is 0 Å². The number of carbonyl (C=O) groups is 1. The average Bonchev–Trinajstić information content (AvgIpc) is 3.42. The first-order valence-corrected chi connectivity index (χ1v) is 13.6. The van der Waals surface area contributed by atoms with Crippen molar-refractivity contribution in [3.63, 3.8) is 0 Å². The molecule has 1 aliphatic heterocycles. The van der Waals surface area contributed by atoms with Crippen molar-refractivity contribution < 1.29 is 19.4 Å². The molecule has 0 spiro atoms. The Labute approximate surface area is 212 Å². The molecule has 0 saturated carbocycles. The Kier molecular flexibility index (Phi) is 15.6. The summed E-state index contributed by atoms with van der Waals surface area (Å²) in [6, 6.07) is 6.13. The van der Waals surface area contributed by atoms with E-state index >= 15 is 0 Å². The van der Waals surface area contributed by atoms with E-state index in [0.29, 0.717) is 10.5 Å². The van der Waals surface area contributed by atoms with Gasteiger partial charge in [0.15, 0.2) is 0 Å². The van der Waals surface area contributed by atoms with E-state index in [4.69, 9.17) is 4.74 Å². The van der Waals surface area contributed by atoms with Crippen molar-refractivity contribution in [2.75, 3.05) is 0 Å². The maximum atomic E-state index is 11.5. The van der Waals surface area contributed by atoms with Gasteiger partial charge in [0.25, 0.3) is 5.69 Å². The Hall–Kier alpha value is -2.48. The minimum atomic E-state index is -0.550. The Bertz CT molecular complexity index is 764. The number of amides is 1.